The summed E-state index contributed by atoms with van der Waals surface area (Å²) < 4.78 is 43.0. The van der Waals surface area contributed by atoms with Gasteiger partial charge in [-0.05, 0) is 49.7 Å². The van der Waals surface area contributed by atoms with E-state index in [2.05, 4.69) is 36.3 Å². The van der Waals surface area contributed by atoms with Gasteiger partial charge in [-0.3, -0.25) is 4.90 Å². The summed E-state index contributed by atoms with van der Waals surface area (Å²) in [6.45, 7) is 6.51. The largest absolute Gasteiger partial charge is 0.416 e. The first kappa shape index (κ1) is 31.5. The fourth-order valence-electron chi connectivity index (χ4n) is 5.03. The number of hydrogen-bond donors (Lipinski definition) is 5. The van der Waals surface area contributed by atoms with E-state index in [1.165, 1.54) is 12.4 Å². The fraction of sp³-hybridized carbons (Fsp3) is 0.333. The number of hydrogen-bond acceptors (Lipinski definition) is 9. The highest BCUT2D eigenvalue weighted by Gasteiger charge is 2.32. The van der Waals surface area contributed by atoms with E-state index < -0.39 is 17.8 Å². The third-order valence-corrected chi connectivity index (χ3v) is 7.37. The number of amides is 2. The van der Waals surface area contributed by atoms with Gasteiger partial charge in [0.15, 0.2) is 5.82 Å². The molecule has 1 saturated heterocycles. The number of rotatable bonds is 9. The van der Waals surface area contributed by atoms with Crippen molar-refractivity contribution >= 4 is 40.4 Å². The van der Waals surface area contributed by atoms with Crippen molar-refractivity contribution in [3.63, 3.8) is 0 Å². The molecule has 2 aromatic heterocycles. The Bertz CT molecular complexity index is 1650. The van der Waals surface area contributed by atoms with Crippen LogP contribution in [0.5, 0.6) is 0 Å². The highest BCUT2D eigenvalue weighted by Crippen LogP contribution is 2.35. The molecule has 238 valence electrons. The molecule has 12 nitrogen and oxygen atoms in total. The molecule has 2 amide bonds. The van der Waals surface area contributed by atoms with Crippen LogP contribution in [0.25, 0.3) is 5.82 Å². The molecule has 5 N–H and O–H groups in total. The second-order valence-electron chi connectivity index (χ2n) is 10.6. The van der Waals surface area contributed by atoms with E-state index in [9.17, 15) is 23.1 Å². The number of aromatic nitrogens is 4. The molecule has 0 radical (unpaired) electrons. The zero-order valence-electron chi connectivity index (χ0n) is 25.1. The van der Waals surface area contributed by atoms with E-state index in [-0.39, 0.29) is 12.3 Å². The summed E-state index contributed by atoms with van der Waals surface area (Å²) in [5.74, 6) is 1.80. The Morgan fingerprint density at radius 3 is 2.42 bits per heavy atom. The second kappa shape index (κ2) is 13.4. The number of carbonyl (C=O) groups excluding carboxylic acids is 1. The lowest BCUT2D eigenvalue weighted by Crippen LogP contribution is -2.47. The lowest BCUT2D eigenvalue weighted by atomic mass is 10.1. The predicted molar refractivity (Wildman–Crippen MR) is 168 cm³/mol. The SMILES string of the molecule is CNc1cc(-n2nc(C)cc2Nc2cc(NC(=O)Nc3cc(N4CCN(CCO)CC4)cc(C(F)(F)F)c3)ccc2C)ncn1. The van der Waals surface area contributed by atoms with Crippen molar-refractivity contribution < 1.29 is 23.1 Å². The van der Waals surface area contributed by atoms with E-state index in [1.54, 1.807) is 29.9 Å². The lowest BCUT2D eigenvalue weighted by Gasteiger charge is -2.36. The molecule has 0 atom stereocenters. The number of urea groups is 1. The molecular formula is C30H35F3N10O2. The summed E-state index contributed by atoms with van der Waals surface area (Å²) in [4.78, 5) is 25.4. The Balaban J connectivity index is 1.32. The summed E-state index contributed by atoms with van der Waals surface area (Å²) in [7, 11) is 1.76. The van der Waals surface area contributed by atoms with Crippen LogP contribution in [0.15, 0.2) is 54.9 Å². The Hall–Kier alpha value is -4.89. The van der Waals surface area contributed by atoms with Gasteiger partial charge in [0.25, 0.3) is 0 Å². The number of β-amino-alcohol motifs (C(OH)–C–C–N with tert-alkyl or cyclic N) is 1. The van der Waals surface area contributed by atoms with Gasteiger partial charge in [-0.15, -0.1) is 0 Å². The molecule has 1 fully saturated rings. The van der Waals surface area contributed by atoms with Gasteiger partial charge in [0.2, 0.25) is 0 Å². The molecule has 0 saturated carbocycles. The molecule has 0 spiro atoms. The average Bonchev–Trinajstić information content (AvgIpc) is 3.38. The Labute approximate surface area is 258 Å². The predicted octanol–water partition coefficient (Wildman–Crippen LogP) is 4.84. The number of aliphatic hydroxyl groups is 1. The second-order valence-corrected chi connectivity index (χ2v) is 10.6. The van der Waals surface area contributed by atoms with Gasteiger partial charge >= 0.3 is 12.2 Å². The van der Waals surface area contributed by atoms with Crippen LogP contribution in [0.2, 0.25) is 0 Å². The molecule has 4 aromatic rings. The number of nitrogens with one attached hydrogen (secondary N) is 4. The van der Waals surface area contributed by atoms with Crippen molar-refractivity contribution in [2.75, 3.05) is 72.5 Å². The van der Waals surface area contributed by atoms with Crippen LogP contribution in [0, 0.1) is 13.8 Å². The summed E-state index contributed by atoms with van der Waals surface area (Å²) in [5, 5.41) is 25.3. The molecule has 45 heavy (non-hydrogen) atoms. The topological polar surface area (TPSA) is 136 Å². The lowest BCUT2D eigenvalue weighted by molar-refractivity contribution is -0.137. The zero-order chi connectivity index (χ0) is 32.1. The maximum atomic E-state index is 13.8. The van der Waals surface area contributed by atoms with Crippen molar-refractivity contribution in [1.29, 1.82) is 0 Å². The Kier molecular flexibility index (Phi) is 9.39. The fourth-order valence-corrected chi connectivity index (χ4v) is 5.03. The minimum absolute atomic E-state index is 0.0192. The van der Waals surface area contributed by atoms with Crippen LogP contribution >= 0.6 is 0 Å². The summed E-state index contributed by atoms with van der Waals surface area (Å²) in [6.07, 6.45) is -3.16. The molecule has 15 heteroatoms. The van der Waals surface area contributed by atoms with Gasteiger partial charge in [-0.1, -0.05) is 6.07 Å². The van der Waals surface area contributed by atoms with Crippen LogP contribution in [0.3, 0.4) is 0 Å². The maximum absolute atomic E-state index is 13.8. The highest BCUT2D eigenvalue weighted by molar-refractivity contribution is 6.00. The number of benzene rings is 2. The first-order valence-electron chi connectivity index (χ1n) is 14.4. The highest BCUT2D eigenvalue weighted by atomic mass is 19.4. The molecule has 0 aliphatic carbocycles. The number of piperazine rings is 1. The van der Waals surface area contributed by atoms with Crippen molar-refractivity contribution in [2.24, 2.45) is 0 Å². The first-order chi connectivity index (χ1) is 21.5. The normalized spacial score (nSPS) is 13.9. The number of carbonyl (C=O) groups is 1. The number of aryl methyl sites for hydroxylation is 2. The van der Waals surface area contributed by atoms with Gasteiger partial charge in [0.05, 0.1) is 17.9 Å². The third kappa shape index (κ3) is 7.80. The van der Waals surface area contributed by atoms with E-state index in [4.69, 9.17) is 0 Å². The standard InChI is InChI=1S/C30H35F3N10O2/c1-19-4-5-22(16-25(19)39-28-12-20(2)40-43(28)27-17-26(34-3)35-18-36-27)37-29(45)38-23-13-21(30(31,32)33)14-24(15-23)42-8-6-41(7-9-42)10-11-44/h4-5,12-18,39,44H,6-11H2,1-3H3,(H,34,35,36)(H2,37,38,45). The number of halogens is 3. The first-order valence-corrected chi connectivity index (χ1v) is 14.4. The summed E-state index contributed by atoms with van der Waals surface area (Å²) in [5.41, 5.74) is 2.27. The van der Waals surface area contributed by atoms with Crippen molar-refractivity contribution in [1.82, 2.24) is 24.6 Å². The number of nitrogens with zero attached hydrogens (tertiary/aromatic N) is 6. The van der Waals surface area contributed by atoms with E-state index in [0.29, 0.717) is 67.2 Å². The van der Waals surface area contributed by atoms with E-state index in [0.717, 1.165) is 23.4 Å². The van der Waals surface area contributed by atoms with Gasteiger partial charge < -0.3 is 31.3 Å². The van der Waals surface area contributed by atoms with E-state index >= 15 is 0 Å². The summed E-state index contributed by atoms with van der Waals surface area (Å²) in [6, 6.07) is 11.7. The monoisotopic (exact) mass is 624 g/mol. The van der Waals surface area contributed by atoms with Crippen LogP contribution in [0.1, 0.15) is 16.8 Å². The van der Waals surface area contributed by atoms with Crippen molar-refractivity contribution in [3.8, 4) is 5.82 Å². The molecule has 1 aliphatic heterocycles. The molecule has 5 rings (SSSR count). The minimum atomic E-state index is -4.59. The van der Waals surface area contributed by atoms with Crippen molar-refractivity contribution in [3.05, 3.63) is 71.7 Å². The van der Waals surface area contributed by atoms with E-state index in [1.807, 2.05) is 35.8 Å². The Morgan fingerprint density at radius 1 is 0.956 bits per heavy atom. The maximum Gasteiger partial charge on any atom is 0.416 e. The van der Waals surface area contributed by atoms with Gasteiger partial charge in [0.1, 0.15) is 18.0 Å². The molecule has 0 bridgehead atoms. The Morgan fingerprint density at radius 2 is 1.71 bits per heavy atom. The van der Waals surface area contributed by atoms with Crippen LogP contribution in [0.4, 0.5) is 52.4 Å². The molecule has 2 aromatic carbocycles. The number of anilines is 6. The van der Waals surface area contributed by atoms with Gasteiger partial charge in [-0.2, -0.15) is 23.0 Å². The molecule has 0 unspecified atom stereocenters. The average molecular weight is 625 g/mol. The molecule has 1 aliphatic rings. The third-order valence-electron chi connectivity index (χ3n) is 7.37. The summed E-state index contributed by atoms with van der Waals surface area (Å²) >= 11 is 0. The quantitative estimate of drug-likeness (QED) is 0.177. The van der Waals surface area contributed by atoms with Crippen molar-refractivity contribution in [2.45, 2.75) is 20.0 Å². The number of alkyl halides is 3. The van der Waals surface area contributed by atoms with Crippen LogP contribution < -0.4 is 26.2 Å². The molecular weight excluding hydrogens is 589 g/mol. The molecule has 3 heterocycles. The van der Waals surface area contributed by atoms with Gasteiger partial charge in [0, 0.05) is 74.7 Å². The van der Waals surface area contributed by atoms with Crippen LogP contribution in [-0.2, 0) is 6.18 Å². The van der Waals surface area contributed by atoms with Gasteiger partial charge in [-0.25, -0.2) is 14.8 Å². The smallest absolute Gasteiger partial charge is 0.395 e. The number of aliphatic hydroxyl groups excluding tert-OH is 1. The zero-order valence-corrected chi connectivity index (χ0v) is 25.1. The van der Waals surface area contributed by atoms with Crippen LogP contribution in [-0.4, -0.2) is 82.2 Å². The minimum Gasteiger partial charge on any atom is -0.395 e.